The largest absolute Gasteiger partial charge is 0.478 e. The van der Waals surface area contributed by atoms with Gasteiger partial charge in [-0.2, -0.15) is 0 Å². The summed E-state index contributed by atoms with van der Waals surface area (Å²) < 4.78 is 10.6. The van der Waals surface area contributed by atoms with Gasteiger partial charge < -0.3 is 31.2 Å². The van der Waals surface area contributed by atoms with Crippen LogP contribution in [0.15, 0.2) is 12.2 Å². The van der Waals surface area contributed by atoms with Crippen LogP contribution in [-0.2, 0) is 19.1 Å². The Kier molecular flexibility index (Phi) is 14.1. The topological polar surface area (TPSA) is 145 Å². The van der Waals surface area contributed by atoms with Gasteiger partial charge >= 0.3 is 11.9 Å². The fourth-order valence-corrected chi connectivity index (χ4v) is 2.26. The van der Waals surface area contributed by atoms with Crippen molar-refractivity contribution in [1.82, 2.24) is 0 Å². The zero-order chi connectivity index (χ0) is 18.2. The minimum atomic E-state index is -1.26. The first-order chi connectivity index (χ1) is 11.5. The molecule has 0 spiro atoms. The molecule has 0 saturated carbocycles. The monoisotopic (exact) mass is 346 g/mol. The Morgan fingerprint density at radius 3 is 1.46 bits per heavy atom. The van der Waals surface area contributed by atoms with Crippen molar-refractivity contribution >= 4 is 11.9 Å². The predicted molar refractivity (Wildman–Crippen MR) is 89.7 cm³/mol. The molecule has 2 unspecified atom stereocenters. The van der Waals surface area contributed by atoms with E-state index < -0.39 is 11.9 Å². The average Bonchev–Trinajstić information content (AvgIpc) is 3.21. The first-order valence-electron chi connectivity index (χ1n) is 8.26. The van der Waals surface area contributed by atoms with Gasteiger partial charge in [0.25, 0.3) is 0 Å². The normalized spacial score (nSPS) is 22.4. The van der Waals surface area contributed by atoms with Gasteiger partial charge in [-0.1, -0.05) is 0 Å². The van der Waals surface area contributed by atoms with Crippen molar-refractivity contribution in [3.8, 4) is 0 Å². The maximum Gasteiger partial charge on any atom is 0.328 e. The fourth-order valence-electron chi connectivity index (χ4n) is 2.26. The van der Waals surface area contributed by atoms with Crippen LogP contribution >= 0.6 is 0 Å². The van der Waals surface area contributed by atoms with E-state index in [1.165, 1.54) is 25.7 Å². The van der Waals surface area contributed by atoms with Crippen LogP contribution in [0.5, 0.6) is 0 Å². The van der Waals surface area contributed by atoms with Crippen molar-refractivity contribution in [2.24, 2.45) is 11.5 Å². The highest BCUT2D eigenvalue weighted by molar-refractivity contribution is 5.89. The minimum Gasteiger partial charge on any atom is -0.478 e. The molecule has 0 aromatic heterocycles. The van der Waals surface area contributed by atoms with Crippen molar-refractivity contribution in [2.45, 2.75) is 50.7 Å². The lowest BCUT2D eigenvalue weighted by Crippen LogP contribution is -2.11. The second-order valence-electron chi connectivity index (χ2n) is 5.43. The van der Waals surface area contributed by atoms with Gasteiger partial charge in [0.1, 0.15) is 0 Å². The Labute approximate surface area is 142 Å². The van der Waals surface area contributed by atoms with Gasteiger partial charge in [-0.15, -0.1) is 0 Å². The maximum atomic E-state index is 9.55. The van der Waals surface area contributed by atoms with Gasteiger partial charge in [-0.05, 0) is 51.6 Å². The second-order valence-corrected chi connectivity index (χ2v) is 5.43. The molecule has 0 aliphatic carbocycles. The molecule has 2 saturated heterocycles. The van der Waals surface area contributed by atoms with Crippen molar-refractivity contribution in [2.75, 3.05) is 26.3 Å². The van der Waals surface area contributed by atoms with Gasteiger partial charge in [-0.25, -0.2) is 9.59 Å². The summed E-state index contributed by atoms with van der Waals surface area (Å²) in [4.78, 5) is 19.1. The van der Waals surface area contributed by atoms with E-state index in [9.17, 15) is 9.59 Å². The van der Waals surface area contributed by atoms with Crippen LogP contribution in [0.2, 0.25) is 0 Å². The molecule has 24 heavy (non-hydrogen) atoms. The molecule has 0 radical (unpaired) electrons. The van der Waals surface area contributed by atoms with Crippen LogP contribution < -0.4 is 11.5 Å². The molecule has 0 amide bonds. The molecular weight excluding hydrogens is 316 g/mol. The maximum absolute atomic E-state index is 9.55. The summed E-state index contributed by atoms with van der Waals surface area (Å²) in [5.41, 5.74) is 10.7. The number of carboxylic acids is 2. The molecule has 0 aromatic rings. The molecule has 2 aliphatic rings. The average molecular weight is 346 g/mol. The highest BCUT2D eigenvalue weighted by Crippen LogP contribution is 2.14. The standard InChI is InChI=1S/2C6H13NO.C4H4O4/c2*7-4-3-6-2-1-5-8-6;5-3(6)1-2-4(7)8/h2*6H,1-5,7H2;1-2H,(H,5,6)(H,7,8)/b;;2-1+. The van der Waals surface area contributed by atoms with E-state index in [1.807, 2.05) is 0 Å². The molecule has 0 aromatic carbocycles. The van der Waals surface area contributed by atoms with E-state index in [2.05, 4.69) is 0 Å². The van der Waals surface area contributed by atoms with E-state index in [1.54, 1.807) is 0 Å². The Morgan fingerprint density at radius 2 is 1.25 bits per heavy atom. The number of carboxylic acid groups (broad SMARTS) is 2. The molecular formula is C16H30N2O6. The Morgan fingerprint density at radius 1 is 0.875 bits per heavy atom. The van der Waals surface area contributed by atoms with Crippen molar-refractivity contribution in [1.29, 1.82) is 0 Å². The third-order valence-electron chi connectivity index (χ3n) is 3.39. The third-order valence-corrected chi connectivity index (χ3v) is 3.39. The molecule has 8 nitrogen and oxygen atoms in total. The number of hydrogen-bond donors (Lipinski definition) is 4. The van der Waals surface area contributed by atoms with Crippen LogP contribution in [0.25, 0.3) is 0 Å². The van der Waals surface area contributed by atoms with E-state index >= 15 is 0 Å². The van der Waals surface area contributed by atoms with Crippen LogP contribution in [0, 0.1) is 0 Å². The zero-order valence-corrected chi connectivity index (χ0v) is 14.1. The fraction of sp³-hybridized carbons (Fsp3) is 0.750. The Hall–Kier alpha value is -1.48. The Bertz CT molecular complexity index is 330. The van der Waals surface area contributed by atoms with Gasteiger partial charge in [0.05, 0.1) is 12.2 Å². The van der Waals surface area contributed by atoms with E-state index in [4.69, 9.17) is 31.2 Å². The molecule has 2 atom stereocenters. The third kappa shape index (κ3) is 14.1. The van der Waals surface area contributed by atoms with Gasteiger partial charge in [0.2, 0.25) is 0 Å². The summed E-state index contributed by atoms with van der Waals surface area (Å²) >= 11 is 0. The molecule has 0 bridgehead atoms. The first-order valence-corrected chi connectivity index (χ1v) is 8.26. The molecule has 2 fully saturated rings. The molecule has 140 valence electrons. The van der Waals surface area contributed by atoms with Gasteiger partial charge in [0, 0.05) is 25.4 Å². The summed E-state index contributed by atoms with van der Waals surface area (Å²) in [6.45, 7) is 3.44. The first kappa shape index (κ1) is 22.5. The molecule has 2 aliphatic heterocycles. The zero-order valence-electron chi connectivity index (χ0n) is 14.1. The smallest absolute Gasteiger partial charge is 0.328 e. The van der Waals surface area contributed by atoms with E-state index in [0.717, 1.165) is 39.1 Å². The van der Waals surface area contributed by atoms with Gasteiger partial charge in [-0.3, -0.25) is 0 Å². The number of carbonyl (C=O) groups is 2. The minimum absolute atomic E-state index is 0.486. The molecule has 6 N–H and O–H groups in total. The summed E-state index contributed by atoms with van der Waals surface area (Å²) in [5.74, 6) is -2.51. The predicted octanol–water partition coefficient (Wildman–Crippen LogP) is 0.740. The summed E-state index contributed by atoms with van der Waals surface area (Å²) in [6, 6.07) is 0. The van der Waals surface area contributed by atoms with Crippen molar-refractivity contribution in [3.63, 3.8) is 0 Å². The van der Waals surface area contributed by atoms with E-state index in [-0.39, 0.29) is 0 Å². The SMILES string of the molecule is NCCC1CCCO1.NCCC1CCCO1.O=C(O)/C=C/C(=O)O. The molecule has 2 heterocycles. The number of rotatable bonds is 6. The van der Waals surface area contributed by atoms with Crippen molar-refractivity contribution < 1.29 is 29.3 Å². The summed E-state index contributed by atoms with van der Waals surface area (Å²) in [6.07, 6.45) is 9.06. The highest BCUT2D eigenvalue weighted by atomic mass is 16.5. The quantitative estimate of drug-likeness (QED) is 0.515. The molecule has 8 heteroatoms. The van der Waals surface area contributed by atoms with Crippen LogP contribution in [-0.4, -0.2) is 60.7 Å². The second kappa shape index (κ2) is 15.1. The summed E-state index contributed by atoms with van der Waals surface area (Å²) in [5, 5.41) is 15.6. The number of hydrogen-bond acceptors (Lipinski definition) is 6. The lowest BCUT2D eigenvalue weighted by Gasteiger charge is -2.04. The van der Waals surface area contributed by atoms with Crippen LogP contribution in [0.4, 0.5) is 0 Å². The molecule has 2 rings (SSSR count). The van der Waals surface area contributed by atoms with Crippen LogP contribution in [0.3, 0.4) is 0 Å². The highest BCUT2D eigenvalue weighted by Gasteiger charge is 2.13. The number of aliphatic carboxylic acids is 2. The lowest BCUT2D eigenvalue weighted by atomic mass is 10.2. The van der Waals surface area contributed by atoms with Crippen LogP contribution in [0.1, 0.15) is 38.5 Å². The summed E-state index contributed by atoms with van der Waals surface area (Å²) in [7, 11) is 0. The number of nitrogens with two attached hydrogens (primary N) is 2. The number of ether oxygens (including phenoxy) is 2. The van der Waals surface area contributed by atoms with E-state index in [0.29, 0.717) is 24.4 Å². The van der Waals surface area contributed by atoms with Gasteiger partial charge in [0.15, 0.2) is 0 Å². The van der Waals surface area contributed by atoms with Crippen molar-refractivity contribution in [3.05, 3.63) is 12.2 Å². The lowest BCUT2D eigenvalue weighted by molar-refractivity contribution is -0.134. The Balaban J connectivity index is 0.000000331.